The molecule has 24 heavy (non-hydrogen) atoms. The molecule has 0 fully saturated rings. The molecule has 10 heteroatoms. The van der Waals surface area contributed by atoms with Crippen LogP contribution in [-0.4, -0.2) is 31.3 Å². The van der Waals surface area contributed by atoms with Crippen LogP contribution in [0, 0.1) is 0 Å². The fraction of sp³-hybridized carbons (Fsp3) is 0.143. The van der Waals surface area contributed by atoms with Crippen molar-refractivity contribution in [3.8, 4) is 0 Å². The summed E-state index contributed by atoms with van der Waals surface area (Å²) in [6, 6.07) is 8.46. The van der Waals surface area contributed by atoms with E-state index in [9.17, 15) is 13.2 Å². The van der Waals surface area contributed by atoms with E-state index in [1.54, 1.807) is 6.07 Å². The molecule has 0 amide bonds. The number of hydrogen-bond donors (Lipinski definition) is 1. The second-order valence-corrected chi connectivity index (χ2v) is 8.70. The van der Waals surface area contributed by atoms with E-state index in [0.717, 1.165) is 25.9 Å². The largest absolute Gasteiger partial charge is 0.464 e. The highest BCUT2D eigenvalue weighted by atomic mass is 79.9. The Morgan fingerprint density at radius 3 is 2.79 bits per heavy atom. The molecule has 0 radical (unpaired) electrons. The van der Waals surface area contributed by atoms with E-state index in [4.69, 9.17) is 0 Å². The molecule has 0 spiro atoms. The zero-order chi connectivity index (χ0) is 17.5. The molecule has 0 aliphatic carbocycles. The average Bonchev–Trinajstić information content (AvgIpc) is 3.11. The van der Waals surface area contributed by atoms with Crippen LogP contribution in [0.4, 0.5) is 5.82 Å². The molecule has 0 saturated carbocycles. The highest BCUT2D eigenvalue weighted by Crippen LogP contribution is 2.34. The lowest BCUT2D eigenvalue weighted by molar-refractivity contribution is 0.0588. The summed E-state index contributed by atoms with van der Waals surface area (Å²) in [5.74, 6) is -0.546. The number of rotatable bonds is 4. The molecule has 1 N–H and O–H groups in total. The Morgan fingerprint density at radius 2 is 2.12 bits per heavy atom. The van der Waals surface area contributed by atoms with Crippen molar-refractivity contribution in [1.82, 2.24) is 9.78 Å². The van der Waals surface area contributed by atoms with E-state index in [1.807, 2.05) is 18.2 Å². The van der Waals surface area contributed by atoms with Crippen molar-refractivity contribution in [2.45, 2.75) is 4.21 Å². The van der Waals surface area contributed by atoms with Gasteiger partial charge in [0, 0.05) is 27.7 Å². The monoisotopic (exact) mass is 429 g/mol. The maximum atomic E-state index is 12.6. The number of nitrogens with one attached hydrogen (secondary N) is 1. The first-order valence-corrected chi connectivity index (χ1v) is 9.74. The number of anilines is 1. The van der Waals surface area contributed by atoms with Crippen LogP contribution in [0.25, 0.3) is 10.1 Å². The molecule has 0 bridgehead atoms. The minimum absolute atomic E-state index is 0.0504. The standard InChI is InChI=1S/C14H12BrN3O4S2/c1-18-10(14(19)22-2)7-12(16-18)17-24(20,21)13-6-8-9(15)4-3-5-11(8)23-13/h3-7H,1-2H3,(H,16,17). The molecule has 126 valence electrons. The van der Waals surface area contributed by atoms with E-state index in [0.29, 0.717) is 0 Å². The minimum Gasteiger partial charge on any atom is -0.464 e. The van der Waals surface area contributed by atoms with Crippen molar-refractivity contribution < 1.29 is 17.9 Å². The SMILES string of the molecule is COC(=O)c1cc(NS(=O)(=O)c2cc3c(Br)cccc3s2)nn1C. The van der Waals surface area contributed by atoms with Crippen LogP contribution in [0.5, 0.6) is 0 Å². The number of nitrogens with zero attached hydrogens (tertiary/aromatic N) is 2. The van der Waals surface area contributed by atoms with Crippen molar-refractivity contribution in [3.05, 3.63) is 40.5 Å². The van der Waals surface area contributed by atoms with Gasteiger partial charge in [0.05, 0.1) is 7.11 Å². The van der Waals surface area contributed by atoms with Crippen LogP contribution in [0.3, 0.4) is 0 Å². The van der Waals surface area contributed by atoms with E-state index in [1.165, 1.54) is 24.9 Å². The molecule has 0 aliphatic rings. The third-order valence-corrected chi connectivity index (χ3v) is 6.88. The summed E-state index contributed by atoms with van der Waals surface area (Å²) in [6.45, 7) is 0. The molecule has 0 unspecified atom stereocenters. The van der Waals surface area contributed by atoms with Crippen molar-refractivity contribution >= 4 is 59.2 Å². The number of benzene rings is 1. The number of carbonyl (C=O) groups excluding carboxylic acids is 1. The first-order valence-electron chi connectivity index (χ1n) is 6.65. The molecule has 2 heterocycles. The molecular weight excluding hydrogens is 418 g/mol. The predicted molar refractivity (Wildman–Crippen MR) is 94.9 cm³/mol. The lowest BCUT2D eigenvalue weighted by atomic mass is 10.3. The highest BCUT2D eigenvalue weighted by Gasteiger charge is 2.21. The number of sulfonamides is 1. The predicted octanol–water partition coefficient (Wildman–Crippen LogP) is 2.98. The van der Waals surface area contributed by atoms with Crippen molar-refractivity contribution in [1.29, 1.82) is 0 Å². The fourth-order valence-electron chi connectivity index (χ4n) is 2.14. The summed E-state index contributed by atoms with van der Waals surface area (Å²) in [5, 5.41) is 4.80. The number of carbonyl (C=O) groups is 1. The Bertz CT molecular complexity index is 1040. The summed E-state index contributed by atoms with van der Waals surface area (Å²) < 4.78 is 35.2. The molecule has 3 rings (SSSR count). The number of esters is 1. The van der Waals surface area contributed by atoms with Gasteiger partial charge in [0.15, 0.2) is 5.82 Å². The third-order valence-electron chi connectivity index (χ3n) is 3.26. The molecule has 0 aliphatic heterocycles. The van der Waals surface area contributed by atoms with Gasteiger partial charge in [-0.1, -0.05) is 22.0 Å². The highest BCUT2D eigenvalue weighted by molar-refractivity contribution is 9.10. The summed E-state index contributed by atoms with van der Waals surface area (Å²) in [5.41, 5.74) is 0.147. The fourth-order valence-corrected chi connectivity index (χ4v) is 5.15. The number of fused-ring (bicyclic) bond motifs is 1. The number of methoxy groups -OCH3 is 1. The van der Waals surface area contributed by atoms with Crippen LogP contribution in [0.2, 0.25) is 0 Å². The number of thiophene rings is 1. The van der Waals surface area contributed by atoms with Gasteiger partial charge in [-0.3, -0.25) is 9.40 Å². The Morgan fingerprint density at radius 1 is 1.38 bits per heavy atom. The van der Waals surface area contributed by atoms with Crippen molar-refractivity contribution in [2.24, 2.45) is 7.05 Å². The Kier molecular flexibility index (Phi) is 4.37. The van der Waals surface area contributed by atoms with Crippen molar-refractivity contribution in [2.75, 3.05) is 11.8 Å². The van der Waals surface area contributed by atoms with Crippen molar-refractivity contribution in [3.63, 3.8) is 0 Å². The quantitative estimate of drug-likeness (QED) is 0.643. The lowest BCUT2D eigenvalue weighted by Gasteiger charge is -2.01. The lowest BCUT2D eigenvalue weighted by Crippen LogP contribution is -2.12. The third kappa shape index (κ3) is 3.04. The second-order valence-electron chi connectivity index (χ2n) is 4.85. The summed E-state index contributed by atoms with van der Waals surface area (Å²) >= 11 is 4.56. The number of halogens is 1. The van der Waals surface area contributed by atoms with Crippen LogP contribution in [0.15, 0.2) is 39.0 Å². The van der Waals surface area contributed by atoms with Gasteiger partial charge < -0.3 is 4.74 Å². The zero-order valence-electron chi connectivity index (χ0n) is 12.6. The number of aromatic nitrogens is 2. The Hall–Kier alpha value is -1.91. The number of ether oxygens (including phenoxy) is 1. The molecule has 3 aromatic rings. The van der Waals surface area contributed by atoms with Crippen LogP contribution < -0.4 is 4.72 Å². The van der Waals surface area contributed by atoms with E-state index in [-0.39, 0.29) is 15.7 Å². The zero-order valence-corrected chi connectivity index (χ0v) is 15.8. The smallest absolute Gasteiger partial charge is 0.356 e. The van der Waals surface area contributed by atoms with Crippen LogP contribution in [0.1, 0.15) is 10.5 Å². The van der Waals surface area contributed by atoms with Crippen LogP contribution >= 0.6 is 27.3 Å². The molecule has 7 nitrogen and oxygen atoms in total. The van der Waals surface area contributed by atoms with Crippen LogP contribution in [-0.2, 0) is 21.8 Å². The van der Waals surface area contributed by atoms with Gasteiger partial charge >= 0.3 is 5.97 Å². The van der Waals surface area contributed by atoms with Gasteiger partial charge in [0.1, 0.15) is 9.90 Å². The summed E-state index contributed by atoms with van der Waals surface area (Å²) in [7, 11) is -1.04. The maximum Gasteiger partial charge on any atom is 0.356 e. The van der Waals surface area contributed by atoms with Gasteiger partial charge in [-0.05, 0) is 18.2 Å². The van der Waals surface area contributed by atoms with Gasteiger partial charge in [0.25, 0.3) is 10.0 Å². The van der Waals surface area contributed by atoms with Gasteiger partial charge in [-0.15, -0.1) is 11.3 Å². The second kappa shape index (κ2) is 6.19. The number of aryl methyl sites for hydroxylation is 1. The topological polar surface area (TPSA) is 90.3 Å². The first kappa shape index (κ1) is 16.9. The number of hydrogen-bond acceptors (Lipinski definition) is 6. The molecule has 1 aromatic carbocycles. The normalized spacial score (nSPS) is 11.6. The molecule has 0 atom stereocenters. The van der Waals surface area contributed by atoms with E-state index >= 15 is 0 Å². The Balaban J connectivity index is 1.96. The maximum absolute atomic E-state index is 12.6. The van der Waals surface area contributed by atoms with Gasteiger partial charge in [-0.2, -0.15) is 5.10 Å². The molecule has 0 saturated heterocycles. The van der Waals surface area contributed by atoms with Gasteiger partial charge in [-0.25, -0.2) is 13.2 Å². The van der Waals surface area contributed by atoms with E-state index in [2.05, 4.69) is 30.5 Å². The van der Waals surface area contributed by atoms with E-state index < -0.39 is 16.0 Å². The molecule has 2 aromatic heterocycles. The first-order chi connectivity index (χ1) is 11.3. The van der Waals surface area contributed by atoms with Gasteiger partial charge in [0.2, 0.25) is 0 Å². The Labute approximate surface area is 150 Å². The molecular formula is C14H12BrN3O4S2. The summed E-state index contributed by atoms with van der Waals surface area (Å²) in [6.07, 6.45) is 0. The average molecular weight is 430 g/mol. The summed E-state index contributed by atoms with van der Waals surface area (Å²) in [4.78, 5) is 11.6. The minimum atomic E-state index is -3.81.